The van der Waals surface area contributed by atoms with Gasteiger partial charge in [-0.2, -0.15) is 4.31 Å². The summed E-state index contributed by atoms with van der Waals surface area (Å²) in [5, 5.41) is 0. The molecule has 0 unspecified atom stereocenters. The molecule has 0 radical (unpaired) electrons. The molecular weight excluding hydrogens is 382 g/mol. The molecule has 2 aliphatic heterocycles. The second kappa shape index (κ2) is 8.67. The van der Waals surface area contributed by atoms with E-state index in [1.165, 1.54) is 24.6 Å². The Bertz CT molecular complexity index is 806. The molecule has 9 heteroatoms. The van der Waals surface area contributed by atoms with Crippen molar-refractivity contribution in [3.63, 3.8) is 0 Å². The molecule has 0 spiro atoms. The lowest BCUT2D eigenvalue weighted by Gasteiger charge is -2.37. The van der Waals surface area contributed by atoms with Gasteiger partial charge < -0.3 is 19.3 Å². The first-order valence-corrected chi connectivity index (χ1v) is 11.0. The van der Waals surface area contributed by atoms with Gasteiger partial charge in [0, 0.05) is 45.3 Å². The van der Waals surface area contributed by atoms with Crippen LogP contribution in [0.5, 0.6) is 11.5 Å². The lowest BCUT2D eigenvalue weighted by atomic mass is 9.98. The van der Waals surface area contributed by atoms with Crippen molar-refractivity contribution in [1.82, 2.24) is 14.1 Å². The van der Waals surface area contributed by atoms with Gasteiger partial charge in [0.2, 0.25) is 15.9 Å². The molecule has 3 rings (SSSR count). The lowest BCUT2D eigenvalue weighted by Crippen LogP contribution is -2.52. The zero-order valence-corrected chi connectivity index (χ0v) is 17.6. The topological polar surface area (TPSA) is 79.4 Å². The van der Waals surface area contributed by atoms with E-state index in [1.807, 2.05) is 11.9 Å². The minimum Gasteiger partial charge on any atom is -0.497 e. The number of nitrogens with zero attached hydrogens (tertiary/aromatic N) is 3. The van der Waals surface area contributed by atoms with Gasteiger partial charge in [0.05, 0.1) is 20.1 Å². The maximum absolute atomic E-state index is 13.3. The van der Waals surface area contributed by atoms with E-state index in [0.29, 0.717) is 38.2 Å². The van der Waals surface area contributed by atoms with Gasteiger partial charge in [-0.1, -0.05) is 0 Å². The molecule has 0 saturated carbocycles. The van der Waals surface area contributed by atoms with E-state index in [2.05, 4.69) is 4.90 Å². The number of amides is 1. The molecule has 156 valence electrons. The Morgan fingerprint density at radius 1 is 1.07 bits per heavy atom. The molecule has 28 heavy (non-hydrogen) atoms. The van der Waals surface area contributed by atoms with Crippen LogP contribution in [0.3, 0.4) is 0 Å². The summed E-state index contributed by atoms with van der Waals surface area (Å²) >= 11 is 0. The van der Waals surface area contributed by atoms with E-state index in [-0.39, 0.29) is 29.0 Å². The zero-order valence-electron chi connectivity index (χ0n) is 16.8. The number of carbonyl (C=O) groups is 1. The van der Waals surface area contributed by atoms with Crippen molar-refractivity contribution in [2.75, 3.05) is 60.5 Å². The zero-order chi connectivity index (χ0) is 20.3. The number of piperidine rings is 1. The number of hydrogen-bond donors (Lipinski definition) is 0. The third-order valence-electron chi connectivity index (χ3n) is 5.54. The van der Waals surface area contributed by atoms with E-state index in [1.54, 1.807) is 12.1 Å². The van der Waals surface area contributed by atoms with Crippen molar-refractivity contribution >= 4 is 15.9 Å². The third-order valence-corrected chi connectivity index (χ3v) is 7.42. The van der Waals surface area contributed by atoms with Gasteiger partial charge in [-0.05, 0) is 32.0 Å². The monoisotopic (exact) mass is 411 g/mol. The maximum Gasteiger partial charge on any atom is 0.246 e. The van der Waals surface area contributed by atoms with E-state index < -0.39 is 10.0 Å². The van der Waals surface area contributed by atoms with Gasteiger partial charge in [-0.25, -0.2) is 8.42 Å². The molecule has 1 aromatic carbocycles. The fourth-order valence-corrected chi connectivity index (χ4v) is 5.47. The average Bonchev–Trinajstić information content (AvgIpc) is 2.73. The van der Waals surface area contributed by atoms with Crippen molar-refractivity contribution in [2.45, 2.75) is 17.7 Å². The van der Waals surface area contributed by atoms with Gasteiger partial charge in [0.1, 0.15) is 16.4 Å². The number of sulfonamides is 1. The maximum atomic E-state index is 13.3. The summed E-state index contributed by atoms with van der Waals surface area (Å²) in [6.07, 6.45) is 1.38. The Labute approximate surface area is 167 Å². The molecule has 1 aromatic rings. The number of carbonyl (C=O) groups excluding carboxylic acids is 1. The summed E-state index contributed by atoms with van der Waals surface area (Å²) in [4.78, 5) is 17.1. The van der Waals surface area contributed by atoms with E-state index in [9.17, 15) is 13.2 Å². The van der Waals surface area contributed by atoms with E-state index >= 15 is 0 Å². The summed E-state index contributed by atoms with van der Waals surface area (Å²) in [5.41, 5.74) is 0. The number of ether oxygens (including phenoxy) is 2. The van der Waals surface area contributed by atoms with Gasteiger partial charge in [-0.3, -0.25) is 4.79 Å². The first-order valence-electron chi connectivity index (χ1n) is 9.56. The summed E-state index contributed by atoms with van der Waals surface area (Å²) in [5.74, 6) is 0.476. The first kappa shape index (κ1) is 20.9. The Balaban J connectivity index is 1.79. The minimum absolute atomic E-state index is 0.0607. The standard InChI is InChI=1S/C19H29N3O5S/c1-20-9-11-21(12-10-20)19(23)15-5-4-8-22(14-15)28(24,25)18-13-16(26-2)6-7-17(18)27-3/h6-7,13,15H,4-5,8-12,14H2,1-3H3/t15-/m1/s1. The highest BCUT2D eigenvalue weighted by Crippen LogP contribution is 2.33. The molecule has 8 nitrogen and oxygen atoms in total. The van der Waals surface area contributed by atoms with Crippen molar-refractivity contribution in [3.8, 4) is 11.5 Å². The fraction of sp³-hybridized carbons (Fsp3) is 0.632. The van der Waals surface area contributed by atoms with Crippen molar-refractivity contribution in [2.24, 2.45) is 5.92 Å². The first-order chi connectivity index (χ1) is 13.4. The van der Waals surface area contributed by atoms with Crippen LogP contribution in [-0.2, 0) is 14.8 Å². The smallest absolute Gasteiger partial charge is 0.246 e. The summed E-state index contributed by atoms with van der Waals surface area (Å²) < 4.78 is 38.4. The molecule has 2 heterocycles. The van der Waals surface area contributed by atoms with Gasteiger partial charge in [0.15, 0.2) is 0 Å². The van der Waals surface area contributed by atoms with Crippen molar-refractivity contribution in [1.29, 1.82) is 0 Å². The molecular formula is C19H29N3O5S. The Kier molecular flexibility index (Phi) is 6.47. The van der Waals surface area contributed by atoms with Crippen molar-refractivity contribution < 1.29 is 22.7 Å². The third kappa shape index (κ3) is 4.26. The molecule has 0 aromatic heterocycles. The van der Waals surface area contributed by atoms with Crippen LogP contribution < -0.4 is 9.47 Å². The predicted molar refractivity (Wildman–Crippen MR) is 105 cm³/mol. The molecule has 1 amide bonds. The van der Waals surface area contributed by atoms with Crippen LogP contribution in [0.25, 0.3) is 0 Å². The average molecular weight is 412 g/mol. The Morgan fingerprint density at radius 2 is 1.79 bits per heavy atom. The summed E-state index contributed by atoms with van der Waals surface area (Å²) in [6.45, 7) is 3.69. The summed E-state index contributed by atoms with van der Waals surface area (Å²) in [7, 11) is 1.18. The Morgan fingerprint density at radius 3 is 2.43 bits per heavy atom. The number of benzene rings is 1. The molecule has 0 N–H and O–H groups in total. The van der Waals surface area contributed by atoms with Gasteiger partial charge in [-0.15, -0.1) is 0 Å². The van der Waals surface area contributed by atoms with Gasteiger partial charge >= 0.3 is 0 Å². The molecule has 1 atom stereocenters. The molecule has 2 fully saturated rings. The highest BCUT2D eigenvalue weighted by molar-refractivity contribution is 7.89. The van der Waals surface area contributed by atoms with Crippen LogP contribution >= 0.6 is 0 Å². The highest BCUT2D eigenvalue weighted by atomic mass is 32.2. The second-order valence-corrected chi connectivity index (χ2v) is 9.25. The number of rotatable bonds is 5. The van der Waals surface area contributed by atoms with Crippen LogP contribution in [0.1, 0.15) is 12.8 Å². The van der Waals surface area contributed by atoms with Crippen LogP contribution in [0.2, 0.25) is 0 Å². The minimum atomic E-state index is -3.79. The van der Waals surface area contributed by atoms with Crippen LogP contribution in [0, 0.1) is 5.92 Å². The molecule has 0 aliphatic carbocycles. The van der Waals surface area contributed by atoms with Crippen LogP contribution in [-0.4, -0.2) is 89.0 Å². The number of methoxy groups -OCH3 is 2. The fourth-order valence-electron chi connectivity index (χ4n) is 3.77. The van der Waals surface area contributed by atoms with Crippen LogP contribution in [0.4, 0.5) is 0 Å². The van der Waals surface area contributed by atoms with Gasteiger partial charge in [0.25, 0.3) is 0 Å². The lowest BCUT2D eigenvalue weighted by molar-refractivity contribution is -0.138. The van der Waals surface area contributed by atoms with E-state index in [0.717, 1.165) is 13.1 Å². The summed E-state index contributed by atoms with van der Waals surface area (Å²) in [6, 6.07) is 4.72. The number of hydrogen-bond acceptors (Lipinski definition) is 6. The predicted octanol–water partition coefficient (Wildman–Crippen LogP) is 0.879. The quantitative estimate of drug-likeness (QED) is 0.716. The SMILES string of the molecule is COc1ccc(OC)c(S(=O)(=O)N2CCC[C@@H](C(=O)N3CCN(C)CC3)C2)c1. The molecule has 2 saturated heterocycles. The number of likely N-dealkylation sites (N-methyl/N-ethyl adjacent to an activating group) is 1. The second-order valence-electron chi connectivity index (χ2n) is 7.35. The van der Waals surface area contributed by atoms with Crippen molar-refractivity contribution in [3.05, 3.63) is 18.2 Å². The van der Waals surface area contributed by atoms with Crippen LogP contribution in [0.15, 0.2) is 23.1 Å². The Hall–Kier alpha value is -1.84. The molecule has 0 bridgehead atoms. The number of piperazine rings is 1. The largest absolute Gasteiger partial charge is 0.497 e. The highest BCUT2D eigenvalue weighted by Gasteiger charge is 2.37. The normalized spacial score (nSPS) is 22.1. The van der Waals surface area contributed by atoms with E-state index in [4.69, 9.17) is 9.47 Å². The molecule has 2 aliphatic rings.